The van der Waals surface area contributed by atoms with Crippen molar-refractivity contribution in [3.8, 4) is 22.7 Å². The fraction of sp³-hybridized carbons (Fsp3) is 0.348. The van der Waals surface area contributed by atoms with Gasteiger partial charge in [0.15, 0.2) is 11.6 Å². The Morgan fingerprint density at radius 1 is 0.288 bits per heavy atom. The lowest BCUT2D eigenvalue weighted by atomic mass is 9.74. The molecular weight excluding hydrogens is 647 g/mol. The normalized spacial score (nSPS) is 30.3. The van der Waals surface area contributed by atoms with Crippen molar-refractivity contribution >= 4 is 0 Å². The van der Waals surface area contributed by atoms with Crippen molar-refractivity contribution < 1.29 is 8.78 Å². The Kier molecular flexibility index (Phi) is 5.51. The number of nitrogens with zero attached hydrogens (tertiary/aromatic N) is 4. The zero-order valence-corrected chi connectivity index (χ0v) is 29.1. The van der Waals surface area contributed by atoms with Crippen LogP contribution in [0.15, 0.2) is 98.2 Å². The standard InChI is InChI=1S/C46H40F2N4/c47-41-43(49-17-33-25-1-2-26(4-3-25)34(33)18-49)44(50-19-35-27-5-6-28(8-7-27)36(35)20-50)42(48)46(52-23-39-31-13-14-32(16-15-31)40(39)24-52)45(41)51-21-37-29-9-10-30(12-11-29)38(37)22-51/h1-2,5-6,9-10,13-14,17-32H,3-4,7-8,11-12,15-16H2. The van der Waals surface area contributed by atoms with Crippen molar-refractivity contribution in [3.05, 3.63) is 154 Å². The molecule has 4 heterocycles. The number of hydrogen-bond acceptors (Lipinski definition) is 0. The van der Waals surface area contributed by atoms with Gasteiger partial charge in [0, 0.05) is 96.9 Å². The van der Waals surface area contributed by atoms with Crippen molar-refractivity contribution in [2.45, 2.75) is 98.7 Å². The first-order valence-corrected chi connectivity index (χ1v) is 19.7. The average Bonchev–Trinajstić information content (AvgIpc) is 4.02. The van der Waals surface area contributed by atoms with Crippen LogP contribution in [0.3, 0.4) is 0 Å². The summed E-state index contributed by atoms with van der Waals surface area (Å²) in [5.74, 6) is 1.84. The van der Waals surface area contributed by atoms with E-state index in [1.807, 2.05) is 18.3 Å². The Morgan fingerprint density at radius 3 is 0.577 bits per heavy atom. The molecular formula is C46H40F2N4. The summed E-state index contributed by atoms with van der Waals surface area (Å²) < 4.78 is 44.7. The largest absolute Gasteiger partial charge is 0.319 e. The van der Waals surface area contributed by atoms with Gasteiger partial charge in [0.1, 0.15) is 22.7 Å². The SMILES string of the molecule is Fc1c(-n2cc3c(c2)C2C=CC3CC2)c(-n2cc3c(c2)C2C=CC3CC2)c(F)c(-n2cc3c(c2)C2C=CC3CC2)c1-n1cc2c(c1)C1C=CC2CC1. The number of aromatic nitrogens is 4. The topological polar surface area (TPSA) is 19.7 Å². The molecule has 8 atom stereocenters. The second kappa shape index (κ2) is 9.97. The van der Waals surface area contributed by atoms with Gasteiger partial charge in [0.25, 0.3) is 0 Å². The molecule has 0 radical (unpaired) electrons. The average molecular weight is 687 g/mol. The van der Waals surface area contributed by atoms with Gasteiger partial charge in [0.05, 0.1) is 0 Å². The van der Waals surface area contributed by atoms with E-state index in [0.717, 1.165) is 51.4 Å². The molecule has 0 aliphatic heterocycles. The van der Waals surface area contributed by atoms with E-state index in [-0.39, 0.29) is 11.6 Å². The van der Waals surface area contributed by atoms with Gasteiger partial charge in [0.2, 0.25) is 0 Å². The highest BCUT2D eigenvalue weighted by Gasteiger charge is 2.38. The van der Waals surface area contributed by atoms with Crippen LogP contribution in [0.2, 0.25) is 0 Å². The van der Waals surface area contributed by atoms with Crippen LogP contribution < -0.4 is 0 Å². The van der Waals surface area contributed by atoms with E-state index in [0.29, 0.717) is 70.1 Å². The number of benzene rings is 1. The molecule has 5 aromatic rings. The summed E-state index contributed by atoms with van der Waals surface area (Å²) in [7, 11) is 0. The maximum absolute atomic E-state index is 18.5. The van der Waals surface area contributed by atoms with Crippen molar-refractivity contribution in [3.63, 3.8) is 0 Å². The van der Waals surface area contributed by atoms with E-state index in [1.54, 1.807) is 0 Å². The minimum Gasteiger partial charge on any atom is -0.319 e. The van der Waals surface area contributed by atoms with Gasteiger partial charge in [-0.25, -0.2) is 8.78 Å². The first-order valence-electron chi connectivity index (χ1n) is 19.7. The monoisotopic (exact) mass is 686 g/mol. The number of hydrogen-bond donors (Lipinski definition) is 0. The highest BCUT2D eigenvalue weighted by molar-refractivity contribution is 5.72. The Balaban J connectivity index is 1.11. The zero-order valence-electron chi connectivity index (χ0n) is 29.1. The fourth-order valence-electron chi connectivity index (χ4n) is 11.9. The summed E-state index contributed by atoms with van der Waals surface area (Å²) in [6.45, 7) is 0. The molecule has 0 fully saturated rings. The van der Waals surface area contributed by atoms with Crippen LogP contribution in [0.25, 0.3) is 22.7 Å². The molecule has 4 aromatic heterocycles. The van der Waals surface area contributed by atoms with Crippen molar-refractivity contribution in [2.24, 2.45) is 0 Å². The van der Waals surface area contributed by atoms with Crippen molar-refractivity contribution in [1.82, 2.24) is 18.3 Å². The van der Waals surface area contributed by atoms with Gasteiger partial charge in [-0.15, -0.1) is 0 Å². The molecule has 1 aromatic carbocycles. The number of allylic oxidation sites excluding steroid dienone is 8. The fourth-order valence-corrected chi connectivity index (χ4v) is 11.9. The van der Waals surface area contributed by atoms with E-state index in [1.165, 1.54) is 44.5 Å². The molecule has 12 aliphatic carbocycles. The predicted molar refractivity (Wildman–Crippen MR) is 199 cm³/mol. The molecule has 0 N–H and O–H groups in total. The lowest BCUT2D eigenvalue weighted by molar-refractivity contribution is 0.557. The molecule has 52 heavy (non-hydrogen) atoms. The van der Waals surface area contributed by atoms with E-state index in [9.17, 15) is 0 Å². The highest BCUT2D eigenvalue weighted by atomic mass is 19.1. The smallest absolute Gasteiger partial charge is 0.175 e. The molecule has 4 nitrogen and oxygen atoms in total. The Hall–Kier alpha value is -4.84. The lowest BCUT2D eigenvalue weighted by Crippen LogP contribution is -2.15. The third-order valence-corrected chi connectivity index (χ3v) is 14.5. The first-order chi connectivity index (χ1) is 25.6. The second-order valence-electron chi connectivity index (χ2n) is 17.0. The minimum absolute atomic E-state index is 0.295. The van der Waals surface area contributed by atoms with Crippen molar-refractivity contribution in [2.75, 3.05) is 0 Å². The molecule has 8 bridgehead atoms. The van der Waals surface area contributed by atoms with Gasteiger partial charge < -0.3 is 18.3 Å². The highest BCUT2D eigenvalue weighted by Crippen LogP contribution is 2.52. The van der Waals surface area contributed by atoms with E-state index in [2.05, 4.69) is 98.2 Å². The first kappa shape index (κ1) is 28.7. The summed E-state index contributed by atoms with van der Waals surface area (Å²) in [5, 5.41) is 0. The van der Waals surface area contributed by atoms with Crippen LogP contribution in [0.4, 0.5) is 8.78 Å². The lowest BCUT2D eigenvalue weighted by Gasteiger charge is -2.30. The van der Waals surface area contributed by atoms with Gasteiger partial charge in [-0.2, -0.15) is 0 Å². The molecule has 258 valence electrons. The number of rotatable bonds is 4. The van der Waals surface area contributed by atoms with E-state index < -0.39 is 0 Å². The van der Waals surface area contributed by atoms with Gasteiger partial charge >= 0.3 is 0 Å². The quantitative estimate of drug-likeness (QED) is 0.168. The third-order valence-electron chi connectivity index (χ3n) is 14.5. The minimum atomic E-state index is -0.382. The molecule has 17 rings (SSSR count). The van der Waals surface area contributed by atoms with Crippen LogP contribution in [0.5, 0.6) is 0 Å². The molecule has 0 saturated heterocycles. The van der Waals surface area contributed by atoms with Crippen LogP contribution in [0, 0.1) is 11.6 Å². The number of halogens is 2. The van der Waals surface area contributed by atoms with Gasteiger partial charge in [-0.1, -0.05) is 48.6 Å². The van der Waals surface area contributed by atoms with Crippen LogP contribution in [0.1, 0.15) is 143 Å². The van der Waals surface area contributed by atoms with Gasteiger partial charge in [-0.05, 0) is 95.9 Å². The second-order valence-corrected chi connectivity index (χ2v) is 17.0. The zero-order chi connectivity index (χ0) is 34.0. The van der Waals surface area contributed by atoms with Crippen molar-refractivity contribution in [1.29, 1.82) is 0 Å². The van der Waals surface area contributed by atoms with E-state index in [4.69, 9.17) is 0 Å². The summed E-state index contributed by atoms with van der Waals surface area (Å²) >= 11 is 0. The van der Waals surface area contributed by atoms with Crippen LogP contribution in [-0.4, -0.2) is 18.3 Å². The molecule has 12 aliphatic rings. The summed E-state index contributed by atoms with van der Waals surface area (Å²) in [6, 6.07) is 0. The maximum atomic E-state index is 18.5. The summed E-state index contributed by atoms with van der Waals surface area (Å²) in [6.07, 6.45) is 44.2. The summed E-state index contributed by atoms with van der Waals surface area (Å²) in [4.78, 5) is 0. The van der Waals surface area contributed by atoms with Gasteiger partial charge in [-0.3, -0.25) is 0 Å². The third kappa shape index (κ3) is 3.66. The maximum Gasteiger partial charge on any atom is 0.175 e. The Bertz CT molecular complexity index is 2060. The van der Waals surface area contributed by atoms with Crippen LogP contribution in [-0.2, 0) is 0 Å². The predicted octanol–water partition coefficient (Wildman–Crippen LogP) is 11.3. The van der Waals surface area contributed by atoms with E-state index >= 15 is 8.78 Å². The Labute approximate surface area is 302 Å². The summed E-state index contributed by atoms with van der Waals surface area (Å²) in [5.41, 5.74) is 11.2. The Morgan fingerprint density at radius 2 is 0.442 bits per heavy atom. The number of fused-ring (bicyclic) bond motifs is 4. The molecule has 6 heteroatoms. The molecule has 0 spiro atoms. The molecule has 0 saturated carbocycles. The molecule has 0 amide bonds. The van der Waals surface area contributed by atoms with Crippen LogP contribution >= 0.6 is 0 Å². The molecule has 8 unspecified atom stereocenters.